The Balaban J connectivity index is 1.68. The van der Waals surface area contributed by atoms with Gasteiger partial charge in [0.2, 0.25) is 0 Å². The number of likely N-dealkylation sites (N-methyl/N-ethyl adjacent to an activating group) is 1. The second-order valence-electron chi connectivity index (χ2n) is 8.88. The summed E-state index contributed by atoms with van der Waals surface area (Å²) in [6.07, 6.45) is 11.4. The average Bonchev–Trinajstić information content (AvgIpc) is 3.01. The number of ether oxygens (including phenoxy) is 1. The van der Waals surface area contributed by atoms with Crippen molar-refractivity contribution in [2.24, 2.45) is 0 Å². The summed E-state index contributed by atoms with van der Waals surface area (Å²) in [4.78, 5) is 3.89. The zero-order valence-electron chi connectivity index (χ0n) is 19.1. The first-order chi connectivity index (χ1) is 14.6. The molecule has 2 aromatic rings. The summed E-state index contributed by atoms with van der Waals surface area (Å²) in [5, 5.41) is 0. The van der Waals surface area contributed by atoms with E-state index in [4.69, 9.17) is 4.74 Å². The molecule has 1 heterocycles. The van der Waals surface area contributed by atoms with Crippen LogP contribution in [0, 0.1) is 0 Å². The van der Waals surface area contributed by atoms with Crippen LogP contribution in [0.15, 0.2) is 48.5 Å². The highest BCUT2D eigenvalue weighted by Gasteiger charge is 2.52. The van der Waals surface area contributed by atoms with Crippen molar-refractivity contribution in [2.75, 3.05) is 32.1 Å². The van der Waals surface area contributed by atoms with E-state index in [-0.39, 0.29) is 5.41 Å². The Kier molecular flexibility index (Phi) is 6.19. The highest BCUT2D eigenvalue weighted by Crippen LogP contribution is 2.47. The third-order valence-corrected chi connectivity index (χ3v) is 7.51. The summed E-state index contributed by atoms with van der Waals surface area (Å²) < 4.78 is 5.78. The maximum absolute atomic E-state index is 5.78. The lowest BCUT2D eigenvalue weighted by molar-refractivity contribution is -0.829. The van der Waals surface area contributed by atoms with Crippen LogP contribution in [-0.4, -0.2) is 33.3 Å². The molecule has 2 aromatic carbocycles. The topological polar surface area (TPSA) is 16.9 Å². The molecule has 1 saturated carbocycles. The van der Waals surface area contributed by atoms with Crippen LogP contribution < -0.4 is 14.5 Å². The molecule has 0 bridgehead atoms. The summed E-state index contributed by atoms with van der Waals surface area (Å²) >= 11 is 0. The molecule has 1 spiro atoms. The number of hydrogen-bond donors (Lipinski definition) is 1. The number of para-hydroxylation sites is 1. The van der Waals surface area contributed by atoms with Gasteiger partial charge in [-0.25, -0.2) is 0 Å². The van der Waals surface area contributed by atoms with Crippen molar-refractivity contribution in [1.82, 2.24) is 0 Å². The van der Waals surface area contributed by atoms with Gasteiger partial charge >= 0.3 is 0 Å². The molecule has 1 N–H and O–H groups in total. The van der Waals surface area contributed by atoms with E-state index in [1.165, 1.54) is 53.9 Å². The zero-order valence-corrected chi connectivity index (χ0v) is 19.1. The van der Waals surface area contributed by atoms with Crippen LogP contribution >= 0.6 is 0 Å². The molecule has 3 nitrogen and oxygen atoms in total. The van der Waals surface area contributed by atoms with Crippen LogP contribution in [0.1, 0.15) is 57.1 Å². The molecule has 0 amide bonds. The van der Waals surface area contributed by atoms with Crippen LogP contribution in [0.4, 0.5) is 11.4 Å². The number of nitrogens with zero attached hydrogens (tertiary/aromatic N) is 1. The van der Waals surface area contributed by atoms with Crippen molar-refractivity contribution in [3.63, 3.8) is 0 Å². The first-order valence-electron chi connectivity index (χ1n) is 11.7. The maximum Gasteiger partial charge on any atom is 0.135 e. The van der Waals surface area contributed by atoms with Gasteiger partial charge in [-0.05, 0) is 57.0 Å². The van der Waals surface area contributed by atoms with Crippen molar-refractivity contribution >= 4 is 17.5 Å². The van der Waals surface area contributed by atoms with Crippen LogP contribution in [0.25, 0.3) is 6.08 Å². The molecule has 2 unspecified atom stereocenters. The number of benzene rings is 2. The van der Waals surface area contributed by atoms with Gasteiger partial charge in [0.1, 0.15) is 17.5 Å². The average molecular weight is 406 g/mol. The Morgan fingerprint density at radius 3 is 2.50 bits per heavy atom. The van der Waals surface area contributed by atoms with Gasteiger partial charge in [0, 0.05) is 36.0 Å². The Morgan fingerprint density at radius 2 is 1.80 bits per heavy atom. The molecule has 2 aliphatic rings. The number of quaternary nitrogens is 1. The van der Waals surface area contributed by atoms with E-state index in [9.17, 15) is 0 Å². The van der Waals surface area contributed by atoms with Gasteiger partial charge in [-0.2, -0.15) is 0 Å². The van der Waals surface area contributed by atoms with E-state index in [1.54, 1.807) is 12.7 Å². The van der Waals surface area contributed by atoms with Crippen LogP contribution in [0.5, 0.6) is 5.75 Å². The fraction of sp³-hybridized carbons (Fsp3) is 0.481. The summed E-state index contributed by atoms with van der Waals surface area (Å²) in [7, 11) is 4.13. The molecule has 160 valence electrons. The normalized spacial score (nSPS) is 22.4. The number of nitrogens with one attached hydrogen (secondary N) is 1. The van der Waals surface area contributed by atoms with E-state index in [0.29, 0.717) is 6.04 Å². The quantitative estimate of drug-likeness (QED) is 0.729. The maximum atomic E-state index is 5.78. The SMILES string of the molecule is CCN(CC)c1ccc(/C=C/C2[NH+](C)c3ccccc3C23CCCCC3)c(OC)c1. The minimum atomic E-state index is 0.282. The van der Waals surface area contributed by atoms with Gasteiger partial charge in [-0.15, -0.1) is 0 Å². The summed E-state index contributed by atoms with van der Waals surface area (Å²) in [5.74, 6) is 0.960. The Morgan fingerprint density at radius 1 is 1.07 bits per heavy atom. The van der Waals surface area contributed by atoms with Crippen LogP contribution in [-0.2, 0) is 5.41 Å². The second-order valence-corrected chi connectivity index (χ2v) is 8.88. The molecular formula is C27H37N2O+. The molecule has 2 atom stereocenters. The predicted molar refractivity (Wildman–Crippen MR) is 127 cm³/mol. The molecule has 0 saturated heterocycles. The third-order valence-electron chi connectivity index (χ3n) is 7.51. The monoisotopic (exact) mass is 405 g/mol. The Labute approximate surface area is 182 Å². The number of anilines is 1. The molecule has 1 fully saturated rings. The van der Waals surface area contributed by atoms with Crippen molar-refractivity contribution < 1.29 is 9.64 Å². The lowest BCUT2D eigenvalue weighted by atomic mass is 9.66. The minimum absolute atomic E-state index is 0.282. The highest BCUT2D eigenvalue weighted by atomic mass is 16.5. The van der Waals surface area contributed by atoms with Crippen molar-refractivity contribution in [3.8, 4) is 5.75 Å². The fourth-order valence-corrected chi connectivity index (χ4v) is 5.93. The largest absolute Gasteiger partial charge is 0.496 e. The van der Waals surface area contributed by atoms with E-state index in [1.807, 2.05) is 0 Å². The molecule has 4 rings (SSSR count). The number of hydrogen-bond acceptors (Lipinski definition) is 2. The van der Waals surface area contributed by atoms with E-state index < -0.39 is 0 Å². The first kappa shape index (κ1) is 21.0. The fourth-order valence-electron chi connectivity index (χ4n) is 5.93. The van der Waals surface area contributed by atoms with Gasteiger partial charge in [0.05, 0.1) is 19.6 Å². The summed E-state index contributed by atoms with van der Waals surface area (Å²) in [6.45, 7) is 6.41. The van der Waals surface area contributed by atoms with Gasteiger partial charge < -0.3 is 9.64 Å². The molecule has 0 aromatic heterocycles. The van der Waals surface area contributed by atoms with E-state index >= 15 is 0 Å². The highest BCUT2D eigenvalue weighted by molar-refractivity contribution is 5.64. The standard InChI is InChI=1S/C27H36N2O/c1-5-29(6-2)22-16-14-21(25(20-22)30-4)15-17-26-27(18-10-7-11-19-27)23-12-8-9-13-24(23)28(26)3/h8-9,12-17,20,26H,5-7,10-11,18-19H2,1-4H3/p+1/b17-15+. The lowest BCUT2D eigenvalue weighted by Gasteiger charge is -2.37. The number of rotatable bonds is 6. The molecular weight excluding hydrogens is 368 g/mol. The van der Waals surface area contributed by atoms with E-state index in [2.05, 4.69) is 80.4 Å². The van der Waals surface area contributed by atoms with Gasteiger partial charge in [0.15, 0.2) is 0 Å². The molecule has 3 heteroatoms. The van der Waals surface area contributed by atoms with E-state index in [0.717, 1.165) is 18.8 Å². The predicted octanol–water partition coefficient (Wildman–Crippen LogP) is 4.99. The smallest absolute Gasteiger partial charge is 0.135 e. The van der Waals surface area contributed by atoms with Crippen LogP contribution in [0.3, 0.4) is 0 Å². The second kappa shape index (κ2) is 8.85. The van der Waals surface area contributed by atoms with Crippen LogP contribution in [0.2, 0.25) is 0 Å². The van der Waals surface area contributed by atoms with Crippen molar-refractivity contribution in [2.45, 2.75) is 57.4 Å². The Bertz CT molecular complexity index is 893. The zero-order chi connectivity index (χ0) is 21.1. The van der Waals surface area contributed by atoms with Gasteiger partial charge in [-0.3, -0.25) is 4.90 Å². The first-order valence-corrected chi connectivity index (χ1v) is 11.7. The van der Waals surface area contributed by atoms with Crippen molar-refractivity contribution in [3.05, 3.63) is 59.7 Å². The minimum Gasteiger partial charge on any atom is -0.496 e. The molecule has 30 heavy (non-hydrogen) atoms. The Hall–Kier alpha value is -2.26. The summed E-state index contributed by atoms with van der Waals surface area (Å²) in [5.41, 5.74) is 5.75. The summed E-state index contributed by atoms with van der Waals surface area (Å²) in [6, 6.07) is 16.2. The number of methoxy groups -OCH3 is 1. The molecule has 0 radical (unpaired) electrons. The molecule has 1 aliphatic carbocycles. The molecule has 1 aliphatic heterocycles. The van der Waals surface area contributed by atoms with Gasteiger partial charge in [-0.1, -0.05) is 37.5 Å². The third kappa shape index (κ3) is 3.54. The van der Waals surface area contributed by atoms with Crippen molar-refractivity contribution in [1.29, 1.82) is 0 Å². The lowest BCUT2D eigenvalue weighted by Crippen LogP contribution is -3.07. The van der Waals surface area contributed by atoms with Gasteiger partial charge in [0.25, 0.3) is 0 Å². The number of fused-ring (bicyclic) bond motifs is 2.